The maximum absolute atomic E-state index is 4.46. The summed E-state index contributed by atoms with van der Waals surface area (Å²) in [6, 6.07) is 0. The zero-order valence-electron chi connectivity index (χ0n) is 8.92. The highest BCUT2D eigenvalue weighted by Gasteiger charge is 2.08. The number of hydrogen-bond acceptors (Lipinski definition) is 3. The lowest BCUT2D eigenvalue weighted by molar-refractivity contribution is 0.880. The van der Waals surface area contributed by atoms with Crippen LogP contribution in [-0.4, -0.2) is 15.7 Å². The van der Waals surface area contributed by atoms with Gasteiger partial charge in [0.15, 0.2) is 0 Å². The summed E-state index contributed by atoms with van der Waals surface area (Å²) in [6.07, 6.45) is 10.7. The van der Waals surface area contributed by atoms with Crippen molar-refractivity contribution in [1.82, 2.24) is 0 Å². The third-order valence-corrected chi connectivity index (χ3v) is 3.70. The lowest BCUT2D eigenvalue weighted by atomic mass is 10.1. The minimum atomic E-state index is 0.176. The predicted molar refractivity (Wildman–Crippen MR) is 81.7 cm³/mol. The SMILES string of the molecule is C=CCC(S)C/C=C/C(S)C(S)CC=C. The third kappa shape index (κ3) is 8.12. The van der Waals surface area contributed by atoms with Gasteiger partial charge in [-0.15, -0.1) is 13.2 Å². The van der Waals surface area contributed by atoms with Gasteiger partial charge in [0, 0.05) is 15.7 Å². The summed E-state index contributed by atoms with van der Waals surface area (Å²) in [7, 11) is 0. The summed E-state index contributed by atoms with van der Waals surface area (Å²) in [5.41, 5.74) is 0. The van der Waals surface area contributed by atoms with Crippen LogP contribution in [0, 0.1) is 0 Å². The summed E-state index contributed by atoms with van der Waals surface area (Å²) >= 11 is 13.3. The van der Waals surface area contributed by atoms with Crippen molar-refractivity contribution in [2.45, 2.75) is 35.0 Å². The maximum atomic E-state index is 4.46. The summed E-state index contributed by atoms with van der Waals surface area (Å²) in [5.74, 6) is 0. The number of allylic oxidation sites excluding steroid dienone is 3. The first-order valence-electron chi connectivity index (χ1n) is 5.04. The van der Waals surface area contributed by atoms with E-state index in [0.717, 1.165) is 19.3 Å². The molecule has 0 heterocycles. The van der Waals surface area contributed by atoms with Gasteiger partial charge in [-0.05, 0) is 19.3 Å². The van der Waals surface area contributed by atoms with Crippen LogP contribution in [-0.2, 0) is 0 Å². The smallest absolute Gasteiger partial charge is 0.0316 e. The number of thiol groups is 3. The lowest BCUT2D eigenvalue weighted by Crippen LogP contribution is -2.11. The van der Waals surface area contributed by atoms with Crippen molar-refractivity contribution in [3.8, 4) is 0 Å². The largest absolute Gasteiger partial charge is 0.175 e. The molecule has 3 unspecified atom stereocenters. The zero-order valence-corrected chi connectivity index (χ0v) is 11.6. The highest BCUT2D eigenvalue weighted by Crippen LogP contribution is 2.16. The second-order valence-corrected chi connectivity index (χ2v) is 5.41. The highest BCUT2D eigenvalue weighted by atomic mass is 32.1. The van der Waals surface area contributed by atoms with Gasteiger partial charge in [0.25, 0.3) is 0 Å². The Hall–Kier alpha value is 0.270. The van der Waals surface area contributed by atoms with E-state index in [-0.39, 0.29) is 10.5 Å². The standard InChI is InChI=1S/C12H20S3/c1-3-6-10(13)8-5-9-12(15)11(14)7-4-2/h3-5,9-15H,1-2,6-8H2/b9-5+. The fourth-order valence-corrected chi connectivity index (χ4v) is 1.86. The first kappa shape index (κ1) is 15.3. The molecule has 3 atom stereocenters. The van der Waals surface area contributed by atoms with Crippen LogP contribution in [0.1, 0.15) is 19.3 Å². The van der Waals surface area contributed by atoms with Gasteiger partial charge >= 0.3 is 0 Å². The Labute approximate surface area is 110 Å². The van der Waals surface area contributed by atoms with E-state index in [9.17, 15) is 0 Å². The normalized spacial score (nSPS) is 17.3. The van der Waals surface area contributed by atoms with Gasteiger partial charge in [-0.3, -0.25) is 0 Å². The van der Waals surface area contributed by atoms with Gasteiger partial charge in [-0.1, -0.05) is 24.3 Å². The van der Waals surface area contributed by atoms with Gasteiger partial charge in [-0.25, -0.2) is 0 Å². The minimum Gasteiger partial charge on any atom is -0.175 e. The van der Waals surface area contributed by atoms with E-state index in [0.29, 0.717) is 5.25 Å². The number of hydrogen-bond donors (Lipinski definition) is 3. The van der Waals surface area contributed by atoms with Crippen molar-refractivity contribution in [2.24, 2.45) is 0 Å². The van der Waals surface area contributed by atoms with Gasteiger partial charge in [0.2, 0.25) is 0 Å². The lowest BCUT2D eigenvalue weighted by Gasteiger charge is -2.12. The van der Waals surface area contributed by atoms with Crippen LogP contribution in [0.15, 0.2) is 37.5 Å². The van der Waals surface area contributed by atoms with Crippen molar-refractivity contribution < 1.29 is 0 Å². The molecule has 0 aliphatic carbocycles. The molecule has 15 heavy (non-hydrogen) atoms. The van der Waals surface area contributed by atoms with Crippen molar-refractivity contribution in [3.05, 3.63) is 37.5 Å². The molecular weight excluding hydrogens is 240 g/mol. The van der Waals surface area contributed by atoms with E-state index in [1.54, 1.807) is 0 Å². The van der Waals surface area contributed by atoms with Gasteiger partial charge in [-0.2, -0.15) is 37.9 Å². The summed E-state index contributed by atoms with van der Waals surface area (Å²) in [4.78, 5) is 0. The van der Waals surface area contributed by atoms with E-state index >= 15 is 0 Å². The molecule has 0 radical (unpaired) electrons. The van der Waals surface area contributed by atoms with Crippen LogP contribution in [0.2, 0.25) is 0 Å². The molecule has 0 N–H and O–H groups in total. The van der Waals surface area contributed by atoms with E-state index < -0.39 is 0 Å². The molecule has 0 saturated carbocycles. The summed E-state index contributed by atoms with van der Waals surface area (Å²) in [6.45, 7) is 7.37. The van der Waals surface area contributed by atoms with Crippen molar-refractivity contribution in [3.63, 3.8) is 0 Å². The quantitative estimate of drug-likeness (QED) is 0.427. The highest BCUT2D eigenvalue weighted by molar-refractivity contribution is 7.85. The monoisotopic (exact) mass is 260 g/mol. The first-order valence-corrected chi connectivity index (χ1v) is 6.59. The Morgan fingerprint density at radius 1 is 0.933 bits per heavy atom. The molecule has 86 valence electrons. The molecule has 0 bridgehead atoms. The molecule has 0 aromatic heterocycles. The molecule has 0 fully saturated rings. The zero-order chi connectivity index (χ0) is 11.7. The number of rotatable bonds is 8. The Morgan fingerprint density at radius 2 is 1.53 bits per heavy atom. The van der Waals surface area contributed by atoms with Crippen LogP contribution < -0.4 is 0 Å². The molecule has 0 aliphatic rings. The van der Waals surface area contributed by atoms with Gasteiger partial charge < -0.3 is 0 Å². The average molecular weight is 260 g/mol. The fraction of sp³-hybridized carbons (Fsp3) is 0.500. The van der Waals surface area contributed by atoms with Crippen molar-refractivity contribution in [1.29, 1.82) is 0 Å². The van der Waals surface area contributed by atoms with Crippen LogP contribution in [0.3, 0.4) is 0 Å². The molecule has 0 aliphatic heterocycles. The molecule has 0 spiro atoms. The van der Waals surface area contributed by atoms with E-state index in [2.05, 4.69) is 63.2 Å². The Kier molecular flexibility index (Phi) is 9.66. The van der Waals surface area contributed by atoms with Crippen molar-refractivity contribution >= 4 is 37.9 Å². The third-order valence-electron chi connectivity index (χ3n) is 1.98. The van der Waals surface area contributed by atoms with Crippen LogP contribution in [0.25, 0.3) is 0 Å². The average Bonchev–Trinajstić information content (AvgIpc) is 2.18. The summed E-state index contributed by atoms with van der Waals surface area (Å²) in [5, 5.41) is 0.771. The van der Waals surface area contributed by atoms with E-state index in [4.69, 9.17) is 0 Å². The molecule has 0 saturated heterocycles. The van der Waals surface area contributed by atoms with Crippen LogP contribution >= 0.6 is 37.9 Å². The Balaban J connectivity index is 3.83. The second kappa shape index (κ2) is 9.49. The molecule has 0 aromatic carbocycles. The topological polar surface area (TPSA) is 0 Å². The van der Waals surface area contributed by atoms with E-state index in [1.807, 2.05) is 12.2 Å². The molecule has 0 aromatic rings. The van der Waals surface area contributed by atoms with Gasteiger partial charge in [0.05, 0.1) is 0 Å². The van der Waals surface area contributed by atoms with Gasteiger partial charge in [0.1, 0.15) is 0 Å². The van der Waals surface area contributed by atoms with E-state index in [1.165, 1.54) is 0 Å². The fourth-order valence-electron chi connectivity index (χ4n) is 1.10. The minimum absolute atomic E-state index is 0.176. The maximum Gasteiger partial charge on any atom is 0.0316 e. The summed E-state index contributed by atoms with van der Waals surface area (Å²) < 4.78 is 0. The molecule has 3 heteroatoms. The second-order valence-electron chi connectivity index (χ2n) is 3.42. The molecule has 0 amide bonds. The molecule has 0 rings (SSSR count). The Morgan fingerprint density at radius 3 is 2.07 bits per heavy atom. The molecular formula is C12H20S3. The molecule has 0 nitrogen and oxygen atoms in total. The predicted octanol–water partition coefficient (Wildman–Crippen LogP) is 3.98. The van der Waals surface area contributed by atoms with Crippen LogP contribution in [0.5, 0.6) is 0 Å². The Bertz CT molecular complexity index is 211. The first-order chi connectivity index (χ1) is 7.11. The van der Waals surface area contributed by atoms with Crippen LogP contribution in [0.4, 0.5) is 0 Å². The van der Waals surface area contributed by atoms with Crippen molar-refractivity contribution in [2.75, 3.05) is 0 Å².